The summed E-state index contributed by atoms with van der Waals surface area (Å²) in [7, 11) is 1.81. The number of hydrogen-bond donors (Lipinski definition) is 1. The topological polar surface area (TPSA) is 24.5 Å². The average molecular weight is 226 g/mol. The van der Waals surface area contributed by atoms with E-state index in [9.17, 15) is 0 Å². The fourth-order valence-electron chi connectivity index (χ4n) is 2.45. The van der Waals surface area contributed by atoms with Gasteiger partial charge in [0, 0.05) is 26.2 Å². The lowest BCUT2D eigenvalue weighted by molar-refractivity contribution is -0.00318. The van der Waals surface area contributed by atoms with E-state index in [1.807, 2.05) is 7.11 Å². The number of methoxy groups -OCH3 is 1. The van der Waals surface area contributed by atoms with E-state index >= 15 is 0 Å². The van der Waals surface area contributed by atoms with Crippen LogP contribution in [0.1, 0.15) is 33.1 Å². The van der Waals surface area contributed by atoms with Gasteiger partial charge in [0.15, 0.2) is 0 Å². The maximum absolute atomic E-state index is 5.49. The van der Waals surface area contributed by atoms with Crippen molar-refractivity contribution < 1.29 is 4.74 Å². The van der Waals surface area contributed by atoms with Gasteiger partial charge in [-0.25, -0.2) is 0 Å². The Labute approximate surface area is 99.5 Å². The van der Waals surface area contributed by atoms with E-state index < -0.39 is 0 Å². The van der Waals surface area contributed by atoms with E-state index in [0.717, 1.165) is 18.5 Å². The van der Waals surface area contributed by atoms with Crippen LogP contribution in [0.15, 0.2) is 0 Å². The molecular weight excluding hydrogens is 200 g/mol. The van der Waals surface area contributed by atoms with Crippen molar-refractivity contribution in [1.82, 2.24) is 10.2 Å². The van der Waals surface area contributed by atoms with Gasteiger partial charge in [0.05, 0.1) is 5.60 Å². The molecule has 0 amide bonds. The molecule has 0 aromatic heterocycles. The Morgan fingerprint density at radius 2 is 2.06 bits per heavy atom. The minimum Gasteiger partial charge on any atom is -0.377 e. The van der Waals surface area contributed by atoms with Crippen molar-refractivity contribution >= 4 is 0 Å². The molecule has 3 nitrogen and oxygen atoms in total. The molecule has 0 aromatic rings. The maximum atomic E-state index is 5.49. The highest BCUT2D eigenvalue weighted by Gasteiger charge is 2.29. The summed E-state index contributed by atoms with van der Waals surface area (Å²) >= 11 is 0. The van der Waals surface area contributed by atoms with Crippen LogP contribution in [0.3, 0.4) is 0 Å². The van der Waals surface area contributed by atoms with Crippen molar-refractivity contribution in [2.45, 2.75) is 44.8 Å². The van der Waals surface area contributed by atoms with Gasteiger partial charge in [0.1, 0.15) is 0 Å². The minimum atomic E-state index is -0.00118. The van der Waals surface area contributed by atoms with Gasteiger partial charge in [-0.15, -0.1) is 0 Å². The first-order valence-corrected chi connectivity index (χ1v) is 6.60. The Bertz CT molecular complexity index is 226. The quantitative estimate of drug-likeness (QED) is 0.742. The van der Waals surface area contributed by atoms with Crippen LogP contribution in [0.25, 0.3) is 0 Å². The maximum Gasteiger partial charge on any atom is 0.0749 e. The van der Waals surface area contributed by atoms with Crippen molar-refractivity contribution in [3.05, 3.63) is 0 Å². The zero-order valence-corrected chi connectivity index (χ0v) is 11.0. The summed E-state index contributed by atoms with van der Waals surface area (Å²) in [6, 6.07) is 0.851. The van der Waals surface area contributed by atoms with Crippen molar-refractivity contribution in [3.8, 4) is 0 Å². The van der Waals surface area contributed by atoms with E-state index in [1.54, 1.807) is 0 Å². The zero-order chi connectivity index (χ0) is 11.6. The summed E-state index contributed by atoms with van der Waals surface area (Å²) in [5, 5.41) is 3.64. The molecule has 1 atom stereocenters. The zero-order valence-electron chi connectivity index (χ0n) is 11.0. The molecule has 0 spiro atoms. The molecule has 94 valence electrons. The first kappa shape index (κ1) is 12.3. The summed E-state index contributed by atoms with van der Waals surface area (Å²) in [6.45, 7) is 9.10. The van der Waals surface area contributed by atoms with Gasteiger partial charge in [-0.05, 0) is 52.1 Å². The fourth-order valence-corrected chi connectivity index (χ4v) is 2.45. The molecule has 1 N–H and O–H groups in total. The van der Waals surface area contributed by atoms with Crippen molar-refractivity contribution in [1.29, 1.82) is 0 Å². The molecule has 3 heteroatoms. The largest absolute Gasteiger partial charge is 0.377 e. The summed E-state index contributed by atoms with van der Waals surface area (Å²) in [4.78, 5) is 2.54. The van der Waals surface area contributed by atoms with Crippen molar-refractivity contribution in [2.24, 2.45) is 5.92 Å². The highest BCUT2D eigenvalue weighted by molar-refractivity contribution is 4.86. The number of ether oxygens (including phenoxy) is 1. The van der Waals surface area contributed by atoms with Crippen LogP contribution >= 0.6 is 0 Å². The Morgan fingerprint density at radius 3 is 2.69 bits per heavy atom. The summed E-state index contributed by atoms with van der Waals surface area (Å²) < 4.78 is 5.49. The second-order valence-electron chi connectivity index (χ2n) is 6.04. The van der Waals surface area contributed by atoms with Crippen LogP contribution in [0, 0.1) is 5.92 Å². The number of rotatable bonds is 6. The first-order chi connectivity index (χ1) is 7.59. The minimum absolute atomic E-state index is 0.00118. The van der Waals surface area contributed by atoms with E-state index in [0.29, 0.717) is 0 Å². The van der Waals surface area contributed by atoms with Crippen LogP contribution in [-0.2, 0) is 4.74 Å². The second kappa shape index (κ2) is 5.03. The second-order valence-corrected chi connectivity index (χ2v) is 6.04. The molecule has 1 aliphatic heterocycles. The van der Waals surface area contributed by atoms with Crippen LogP contribution in [-0.4, -0.2) is 49.8 Å². The number of nitrogens with zero attached hydrogens (tertiary/aromatic N) is 1. The Balaban J connectivity index is 1.66. The van der Waals surface area contributed by atoms with Crippen LogP contribution in [0.4, 0.5) is 0 Å². The molecule has 0 bridgehead atoms. The summed E-state index contributed by atoms with van der Waals surface area (Å²) in [5.74, 6) is 0.855. The lowest BCUT2D eigenvalue weighted by atomic mass is 10.1. The third-order valence-electron chi connectivity index (χ3n) is 3.80. The lowest BCUT2D eigenvalue weighted by Crippen LogP contribution is -2.39. The molecule has 0 aromatic carbocycles. The molecule has 1 saturated heterocycles. The number of likely N-dealkylation sites (tertiary alicyclic amines) is 1. The SMILES string of the molecule is COC(C)(C)CN1CCC(CNC2CC2)C1. The molecule has 1 heterocycles. The van der Waals surface area contributed by atoms with E-state index in [-0.39, 0.29) is 5.60 Å². The molecule has 16 heavy (non-hydrogen) atoms. The van der Waals surface area contributed by atoms with E-state index in [1.165, 1.54) is 38.9 Å². The standard InChI is InChI=1S/C13H26N2O/c1-13(2,16-3)10-15-7-6-11(9-15)8-14-12-4-5-12/h11-12,14H,4-10H2,1-3H3. The molecule has 0 radical (unpaired) electrons. The molecule has 2 aliphatic rings. The van der Waals surface area contributed by atoms with Gasteiger partial charge in [-0.1, -0.05) is 0 Å². The molecular formula is C13H26N2O. The summed E-state index contributed by atoms with van der Waals surface area (Å²) in [5.41, 5.74) is -0.00118. The normalized spacial score (nSPS) is 27.6. The van der Waals surface area contributed by atoms with Crippen molar-refractivity contribution in [3.63, 3.8) is 0 Å². The molecule has 2 rings (SSSR count). The van der Waals surface area contributed by atoms with Gasteiger partial charge in [-0.2, -0.15) is 0 Å². The highest BCUT2D eigenvalue weighted by atomic mass is 16.5. The number of hydrogen-bond acceptors (Lipinski definition) is 3. The van der Waals surface area contributed by atoms with Crippen LogP contribution in [0.5, 0.6) is 0 Å². The fraction of sp³-hybridized carbons (Fsp3) is 1.00. The molecule has 1 saturated carbocycles. The number of nitrogens with one attached hydrogen (secondary N) is 1. The van der Waals surface area contributed by atoms with Gasteiger partial charge in [0.2, 0.25) is 0 Å². The molecule has 1 unspecified atom stereocenters. The lowest BCUT2D eigenvalue weighted by Gasteiger charge is -2.28. The van der Waals surface area contributed by atoms with Crippen LogP contribution < -0.4 is 5.32 Å². The predicted octanol–water partition coefficient (Wildman–Crippen LogP) is 1.49. The van der Waals surface area contributed by atoms with Gasteiger partial charge >= 0.3 is 0 Å². The Morgan fingerprint density at radius 1 is 1.31 bits per heavy atom. The van der Waals surface area contributed by atoms with Gasteiger partial charge < -0.3 is 15.0 Å². The van der Waals surface area contributed by atoms with Crippen molar-refractivity contribution in [2.75, 3.05) is 33.3 Å². The highest BCUT2D eigenvalue weighted by Crippen LogP contribution is 2.22. The van der Waals surface area contributed by atoms with Gasteiger partial charge in [0.25, 0.3) is 0 Å². The average Bonchev–Trinajstić information content (AvgIpc) is 2.97. The third-order valence-corrected chi connectivity index (χ3v) is 3.80. The Kier molecular flexibility index (Phi) is 3.88. The summed E-state index contributed by atoms with van der Waals surface area (Å²) in [6.07, 6.45) is 4.14. The third kappa shape index (κ3) is 3.72. The van der Waals surface area contributed by atoms with Gasteiger partial charge in [-0.3, -0.25) is 0 Å². The first-order valence-electron chi connectivity index (χ1n) is 6.60. The predicted molar refractivity (Wildman–Crippen MR) is 66.7 cm³/mol. The smallest absolute Gasteiger partial charge is 0.0749 e. The van der Waals surface area contributed by atoms with E-state index in [4.69, 9.17) is 4.74 Å². The molecule has 1 aliphatic carbocycles. The Hall–Kier alpha value is -0.120. The van der Waals surface area contributed by atoms with E-state index in [2.05, 4.69) is 24.1 Å². The molecule has 2 fully saturated rings. The monoisotopic (exact) mass is 226 g/mol. The van der Waals surface area contributed by atoms with Crippen LogP contribution in [0.2, 0.25) is 0 Å².